The molecule has 1 saturated heterocycles. The highest BCUT2D eigenvalue weighted by atomic mass is 32.1. The van der Waals surface area contributed by atoms with Crippen LogP contribution < -0.4 is 15.2 Å². The molecule has 120 valence electrons. The van der Waals surface area contributed by atoms with Crippen LogP contribution in [0.2, 0.25) is 0 Å². The SMILES string of the molecule is Cc1cccc(NC(=S)N2CCN(c3cc[nH+]cc3)CC2)c1C. The van der Waals surface area contributed by atoms with Crippen molar-refractivity contribution in [2.45, 2.75) is 13.8 Å². The summed E-state index contributed by atoms with van der Waals surface area (Å²) in [5, 5.41) is 4.23. The summed E-state index contributed by atoms with van der Waals surface area (Å²) in [6.07, 6.45) is 3.93. The summed E-state index contributed by atoms with van der Waals surface area (Å²) in [7, 11) is 0. The van der Waals surface area contributed by atoms with Crippen LogP contribution in [0.25, 0.3) is 0 Å². The second-order valence-electron chi connectivity index (χ2n) is 5.91. The largest absolute Gasteiger partial charge is 0.368 e. The molecule has 1 aliphatic rings. The Morgan fingerprint density at radius 1 is 1.04 bits per heavy atom. The third-order valence-electron chi connectivity index (χ3n) is 4.48. The number of pyridine rings is 1. The number of aromatic amines is 1. The van der Waals surface area contributed by atoms with Gasteiger partial charge in [0.05, 0.1) is 0 Å². The molecule has 0 bridgehead atoms. The molecule has 0 unspecified atom stereocenters. The van der Waals surface area contributed by atoms with Crippen molar-refractivity contribution in [3.05, 3.63) is 53.9 Å². The first-order valence-corrected chi connectivity index (χ1v) is 8.39. The zero-order valence-corrected chi connectivity index (χ0v) is 14.5. The van der Waals surface area contributed by atoms with Gasteiger partial charge in [0.1, 0.15) is 0 Å². The fourth-order valence-electron chi connectivity index (χ4n) is 2.84. The Hall–Kier alpha value is -2.14. The van der Waals surface area contributed by atoms with Gasteiger partial charge in [-0.05, 0) is 43.3 Å². The highest BCUT2D eigenvalue weighted by Gasteiger charge is 2.19. The topological polar surface area (TPSA) is 32.6 Å². The highest BCUT2D eigenvalue weighted by Crippen LogP contribution is 2.19. The van der Waals surface area contributed by atoms with Crippen LogP contribution in [-0.2, 0) is 0 Å². The molecule has 2 N–H and O–H groups in total. The van der Waals surface area contributed by atoms with Gasteiger partial charge in [-0.3, -0.25) is 0 Å². The Balaban J connectivity index is 1.59. The molecule has 1 aromatic carbocycles. The van der Waals surface area contributed by atoms with Crippen LogP contribution in [-0.4, -0.2) is 36.2 Å². The summed E-state index contributed by atoms with van der Waals surface area (Å²) in [6, 6.07) is 10.5. The average Bonchev–Trinajstić information content (AvgIpc) is 2.60. The van der Waals surface area contributed by atoms with E-state index in [4.69, 9.17) is 12.2 Å². The molecule has 0 saturated carbocycles. The molecule has 5 heteroatoms. The van der Waals surface area contributed by atoms with Gasteiger partial charge in [-0.15, -0.1) is 0 Å². The maximum atomic E-state index is 5.61. The number of hydrogen-bond donors (Lipinski definition) is 1. The fourth-order valence-corrected chi connectivity index (χ4v) is 3.13. The quantitative estimate of drug-likeness (QED) is 0.860. The van der Waals surface area contributed by atoms with Crippen LogP contribution in [0, 0.1) is 13.8 Å². The second kappa shape index (κ2) is 6.96. The van der Waals surface area contributed by atoms with E-state index < -0.39 is 0 Å². The number of nitrogens with zero attached hydrogens (tertiary/aromatic N) is 2. The van der Waals surface area contributed by atoms with Crippen molar-refractivity contribution in [1.82, 2.24) is 4.90 Å². The molecule has 2 aromatic rings. The van der Waals surface area contributed by atoms with Crippen LogP contribution in [0.5, 0.6) is 0 Å². The van der Waals surface area contributed by atoms with Crippen LogP contribution in [0.1, 0.15) is 11.1 Å². The maximum absolute atomic E-state index is 5.61. The normalized spacial score (nSPS) is 14.7. The van der Waals surface area contributed by atoms with Crippen molar-refractivity contribution in [2.75, 3.05) is 36.4 Å². The Labute approximate surface area is 143 Å². The molecular weight excluding hydrogens is 304 g/mol. The molecule has 0 atom stereocenters. The summed E-state index contributed by atoms with van der Waals surface area (Å²) < 4.78 is 0. The first kappa shape index (κ1) is 15.7. The molecule has 23 heavy (non-hydrogen) atoms. The lowest BCUT2D eigenvalue weighted by Gasteiger charge is -2.37. The van der Waals surface area contributed by atoms with Gasteiger partial charge in [0, 0.05) is 49.7 Å². The fraction of sp³-hybridized carbons (Fsp3) is 0.333. The zero-order chi connectivity index (χ0) is 16.2. The Morgan fingerprint density at radius 3 is 2.43 bits per heavy atom. The number of aromatic nitrogens is 1. The number of hydrogen-bond acceptors (Lipinski definition) is 2. The second-order valence-corrected chi connectivity index (χ2v) is 6.30. The lowest BCUT2D eigenvalue weighted by molar-refractivity contribution is -0.377. The van der Waals surface area contributed by atoms with E-state index in [0.717, 1.165) is 37.0 Å². The lowest BCUT2D eigenvalue weighted by Crippen LogP contribution is -2.50. The summed E-state index contributed by atoms with van der Waals surface area (Å²) in [6.45, 7) is 8.10. The van der Waals surface area contributed by atoms with Crippen molar-refractivity contribution >= 4 is 28.7 Å². The number of anilines is 2. The van der Waals surface area contributed by atoms with E-state index in [1.165, 1.54) is 16.8 Å². The van der Waals surface area contributed by atoms with Gasteiger partial charge in [-0.25, -0.2) is 4.98 Å². The Bertz CT molecular complexity index is 679. The lowest BCUT2D eigenvalue weighted by atomic mass is 10.1. The third-order valence-corrected chi connectivity index (χ3v) is 4.84. The van der Waals surface area contributed by atoms with Gasteiger partial charge in [0.15, 0.2) is 17.5 Å². The predicted octanol–water partition coefficient (Wildman–Crippen LogP) is 2.64. The zero-order valence-electron chi connectivity index (χ0n) is 13.7. The number of aryl methyl sites for hydroxylation is 1. The summed E-state index contributed by atoms with van der Waals surface area (Å²) in [4.78, 5) is 7.71. The number of piperazine rings is 1. The van der Waals surface area contributed by atoms with Gasteiger partial charge in [-0.1, -0.05) is 12.1 Å². The Kier molecular flexibility index (Phi) is 4.76. The number of rotatable bonds is 2. The molecule has 0 aliphatic carbocycles. The minimum Gasteiger partial charge on any atom is -0.368 e. The highest BCUT2D eigenvalue weighted by molar-refractivity contribution is 7.80. The van der Waals surface area contributed by atoms with Crippen LogP contribution in [0.15, 0.2) is 42.7 Å². The van der Waals surface area contributed by atoms with E-state index in [0.29, 0.717) is 0 Å². The van der Waals surface area contributed by atoms with Gasteiger partial charge in [-0.2, -0.15) is 0 Å². The molecule has 1 fully saturated rings. The predicted molar refractivity (Wildman–Crippen MR) is 98.9 cm³/mol. The molecule has 0 spiro atoms. The van der Waals surface area contributed by atoms with Crippen LogP contribution >= 0.6 is 12.2 Å². The number of nitrogens with one attached hydrogen (secondary N) is 2. The van der Waals surface area contributed by atoms with E-state index in [1.54, 1.807) is 0 Å². The molecule has 1 aliphatic heterocycles. The standard InChI is InChI=1S/C18H22N4S/c1-14-4-3-5-17(15(14)2)20-18(23)22-12-10-21(11-13-22)16-6-8-19-9-7-16/h3-9H,10-13H2,1-2H3,(H,20,23)/p+1. The summed E-state index contributed by atoms with van der Waals surface area (Å²) >= 11 is 5.61. The van der Waals surface area contributed by atoms with Crippen LogP contribution in [0.4, 0.5) is 11.4 Å². The van der Waals surface area contributed by atoms with Crippen molar-refractivity contribution in [2.24, 2.45) is 0 Å². The van der Waals surface area contributed by atoms with Gasteiger partial charge in [0.25, 0.3) is 0 Å². The molecule has 4 nitrogen and oxygen atoms in total. The number of thiocarbonyl (C=S) groups is 1. The molecule has 1 aromatic heterocycles. The van der Waals surface area contributed by atoms with Crippen molar-refractivity contribution in [3.8, 4) is 0 Å². The van der Waals surface area contributed by atoms with E-state index in [1.807, 2.05) is 12.4 Å². The monoisotopic (exact) mass is 327 g/mol. The van der Waals surface area contributed by atoms with Crippen LogP contribution in [0.3, 0.4) is 0 Å². The summed E-state index contributed by atoms with van der Waals surface area (Å²) in [5.41, 5.74) is 4.91. The van der Waals surface area contributed by atoms with Gasteiger partial charge < -0.3 is 15.1 Å². The van der Waals surface area contributed by atoms with Gasteiger partial charge in [0.2, 0.25) is 0 Å². The third kappa shape index (κ3) is 3.62. The van der Waals surface area contributed by atoms with E-state index in [2.05, 4.69) is 64.3 Å². The molecule has 3 rings (SSSR count). The first-order chi connectivity index (χ1) is 11.1. The average molecular weight is 327 g/mol. The van der Waals surface area contributed by atoms with Crippen molar-refractivity contribution < 1.29 is 4.98 Å². The first-order valence-electron chi connectivity index (χ1n) is 7.98. The van der Waals surface area contributed by atoms with E-state index in [9.17, 15) is 0 Å². The van der Waals surface area contributed by atoms with E-state index >= 15 is 0 Å². The maximum Gasteiger partial charge on any atom is 0.173 e. The van der Waals surface area contributed by atoms with Gasteiger partial charge >= 0.3 is 0 Å². The molecule has 0 amide bonds. The summed E-state index contributed by atoms with van der Waals surface area (Å²) in [5.74, 6) is 0. The van der Waals surface area contributed by atoms with Crippen molar-refractivity contribution in [1.29, 1.82) is 0 Å². The minimum atomic E-state index is 0.819. The molecular formula is C18H23N4S+. The smallest absolute Gasteiger partial charge is 0.173 e. The Morgan fingerprint density at radius 2 is 1.74 bits per heavy atom. The van der Waals surface area contributed by atoms with Crippen molar-refractivity contribution in [3.63, 3.8) is 0 Å². The molecule has 0 radical (unpaired) electrons. The van der Waals surface area contributed by atoms with E-state index in [-0.39, 0.29) is 0 Å². The number of H-pyrrole nitrogens is 1. The minimum absolute atomic E-state index is 0.819. The molecule has 2 heterocycles. The number of benzene rings is 1.